The van der Waals surface area contributed by atoms with Crippen LogP contribution in [-0.4, -0.2) is 47.9 Å². The molecular weight excluding hydrogens is 433 g/mol. The summed E-state index contributed by atoms with van der Waals surface area (Å²) in [5.74, 6) is 0.187. The summed E-state index contributed by atoms with van der Waals surface area (Å²) in [5, 5.41) is 2.93. The molecule has 0 unspecified atom stereocenters. The summed E-state index contributed by atoms with van der Waals surface area (Å²) in [5.41, 5.74) is -0.591. The van der Waals surface area contributed by atoms with Crippen LogP contribution in [0.2, 0.25) is 0 Å². The zero-order valence-corrected chi connectivity index (χ0v) is 18.3. The average Bonchev–Trinajstić information content (AvgIpc) is 2.84. The Kier molecular flexibility index (Phi) is 6.85. The van der Waals surface area contributed by atoms with Gasteiger partial charge in [0.05, 0.1) is 23.0 Å². The lowest BCUT2D eigenvalue weighted by Gasteiger charge is -2.35. The predicted octanol–water partition coefficient (Wildman–Crippen LogP) is 4.58. The molecule has 1 aromatic carbocycles. The van der Waals surface area contributed by atoms with Crippen LogP contribution in [0.4, 0.5) is 24.7 Å². The van der Waals surface area contributed by atoms with Gasteiger partial charge in [-0.1, -0.05) is 31.4 Å². The van der Waals surface area contributed by atoms with Crippen LogP contribution in [-0.2, 0) is 11.0 Å². The van der Waals surface area contributed by atoms with Crippen LogP contribution in [0.25, 0.3) is 0 Å². The number of hydrogen-bond donors (Lipinski definition) is 1. The Labute approximate surface area is 190 Å². The van der Waals surface area contributed by atoms with Crippen molar-refractivity contribution in [2.45, 2.75) is 38.3 Å². The Hall–Kier alpha value is -3.10. The molecule has 4 rings (SSSR count). The van der Waals surface area contributed by atoms with E-state index in [1.807, 2.05) is 11.0 Å². The van der Waals surface area contributed by atoms with Crippen molar-refractivity contribution in [1.29, 1.82) is 0 Å². The van der Waals surface area contributed by atoms with Crippen molar-refractivity contribution in [3.8, 4) is 0 Å². The number of amides is 2. The lowest BCUT2D eigenvalue weighted by atomic mass is 9.88. The van der Waals surface area contributed by atoms with Gasteiger partial charge in [-0.25, -0.2) is 4.98 Å². The third kappa shape index (κ3) is 5.46. The van der Waals surface area contributed by atoms with Gasteiger partial charge >= 0.3 is 6.18 Å². The summed E-state index contributed by atoms with van der Waals surface area (Å²) in [7, 11) is 0. The van der Waals surface area contributed by atoms with Gasteiger partial charge in [-0.3, -0.25) is 9.59 Å². The number of carbonyl (C=O) groups is 2. The van der Waals surface area contributed by atoms with Gasteiger partial charge in [-0.2, -0.15) is 13.2 Å². The van der Waals surface area contributed by atoms with E-state index in [1.165, 1.54) is 29.5 Å². The van der Waals surface area contributed by atoms with E-state index in [-0.39, 0.29) is 17.4 Å². The summed E-state index contributed by atoms with van der Waals surface area (Å²) in [6.45, 7) is 1.52. The van der Waals surface area contributed by atoms with E-state index in [4.69, 9.17) is 0 Å². The summed E-state index contributed by atoms with van der Waals surface area (Å²) >= 11 is 0. The van der Waals surface area contributed by atoms with Crippen LogP contribution in [0.1, 0.15) is 48.0 Å². The van der Waals surface area contributed by atoms with Crippen LogP contribution in [0.5, 0.6) is 0 Å². The Balaban J connectivity index is 1.34. The molecule has 1 saturated carbocycles. The maximum atomic E-state index is 13.3. The molecule has 1 aliphatic carbocycles. The first-order valence-corrected chi connectivity index (χ1v) is 11.3. The van der Waals surface area contributed by atoms with Gasteiger partial charge in [0, 0.05) is 32.1 Å². The highest BCUT2D eigenvalue weighted by molar-refractivity contribution is 5.96. The fraction of sp³-hybridized carbons (Fsp3) is 0.458. The Morgan fingerprint density at radius 2 is 1.64 bits per heavy atom. The maximum Gasteiger partial charge on any atom is 0.417 e. The second kappa shape index (κ2) is 9.80. The molecule has 1 aromatic heterocycles. The highest BCUT2D eigenvalue weighted by Gasteiger charge is 2.36. The molecule has 0 spiro atoms. The van der Waals surface area contributed by atoms with Gasteiger partial charge in [-0.05, 0) is 37.1 Å². The number of anilines is 2. The van der Waals surface area contributed by atoms with Gasteiger partial charge < -0.3 is 15.1 Å². The molecule has 0 atom stereocenters. The second-order valence-corrected chi connectivity index (χ2v) is 8.55. The smallest absolute Gasteiger partial charge is 0.353 e. The molecule has 2 aromatic rings. The molecule has 2 heterocycles. The molecule has 2 aliphatic rings. The molecule has 9 heteroatoms. The van der Waals surface area contributed by atoms with Gasteiger partial charge in [0.1, 0.15) is 5.82 Å². The summed E-state index contributed by atoms with van der Waals surface area (Å²) in [6, 6.07) is 8.50. The molecule has 1 saturated heterocycles. The number of halogens is 3. The van der Waals surface area contributed by atoms with Gasteiger partial charge in [-0.15, -0.1) is 0 Å². The Bertz CT molecular complexity index is 980. The number of pyridine rings is 1. The summed E-state index contributed by atoms with van der Waals surface area (Å²) in [4.78, 5) is 33.0. The number of nitrogens with zero attached hydrogens (tertiary/aromatic N) is 3. The predicted molar refractivity (Wildman–Crippen MR) is 119 cm³/mol. The number of piperazine rings is 1. The van der Waals surface area contributed by atoms with E-state index in [9.17, 15) is 22.8 Å². The maximum absolute atomic E-state index is 13.3. The van der Waals surface area contributed by atoms with E-state index >= 15 is 0 Å². The lowest BCUT2D eigenvalue weighted by molar-refractivity contribution is -0.138. The quantitative estimate of drug-likeness (QED) is 0.725. The normalized spacial score (nSPS) is 17.7. The number of alkyl halides is 3. The van der Waals surface area contributed by atoms with Crippen molar-refractivity contribution in [2.24, 2.45) is 5.92 Å². The van der Waals surface area contributed by atoms with E-state index in [0.717, 1.165) is 31.7 Å². The highest BCUT2D eigenvalue weighted by Crippen LogP contribution is 2.32. The van der Waals surface area contributed by atoms with Gasteiger partial charge in [0.25, 0.3) is 5.91 Å². The third-order valence-corrected chi connectivity index (χ3v) is 6.35. The Morgan fingerprint density at radius 1 is 0.939 bits per heavy atom. The molecule has 1 N–H and O–H groups in total. The lowest BCUT2D eigenvalue weighted by Crippen LogP contribution is -2.49. The Morgan fingerprint density at radius 3 is 2.27 bits per heavy atom. The molecular formula is C24H27F3N4O2. The van der Waals surface area contributed by atoms with Crippen molar-refractivity contribution >= 4 is 23.3 Å². The minimum absolute atomic E-state index is 0.0375. The second-order valence-electron chi connectivity index (χ2n) is 8.55. The third-order valence-electron chi connectivity index (χ3n) is 6.35. The van der Waals surface area contributed by atoms with Gasteiger partial charge in [0.15, 0.2) is 0 Å². The van der Waals surface area contributed by atoms with Crippen molar-refractivity contribution in [3.63, 3.8) is 0 Å². The number of hydrogen-bond acceptors (Lipinski definition) is 4. The number of benzene rings is 1. The summed E-state index contributed by atoms with van der Waals surface area (Å²) < 4.78 is 39.8. The van der Waals surface area contributed by atoms with Crippen molar-refractivity contribution in [2.75, 3.05) is 36.4 Å². The van der Waals surface area contributed by atoms with Crippen molar-refractivity contribution in [1.82, 2.24) is 9.88 Å². The molecule has 176 valence electrons. The average molecular weight is 461 g/mol. The minimum atomic E-state index is -4.58. The number of rotatable bonds is 4. The first kappa shape index (κ1) is 23.1. The van der Waals surface area contributed by atoms with Gasteiger partial charge in [0.2, 0.25) is 5.91 Å². The van der Waals surface area contributed by atoms with Crippen molar-refractivity contribution < 1.29 is 22.8 Å². The molecule has 33 heavy (non-hydrogen) atoms. The first-order valence-electron chi connectivity index (χ1n) is 11.3. The first-order chi connectivity index (χ1) is 15.8. The van der Waals surface area contributed by atoms with Crippen LogP contribution in [0, 0.1) is 5.92 Å². The molecule has 0 radical (unpaired) electrons. The summed E-state index contributed by atoms with van der Waals surface area (Å²) in [6.07, 6.45) is 2.26. The molecule has 2 fully saturated rings. The topological polar surface area (TPSA) is 65.5 Å². The SMILES string of the molecule is O=C(Nc1ccc(N2CCN(C(=O)c3ccccc3C(F)(F)F)CC2)nc1)C1CCCCC1. The zero-order chi connectivity index (χ0) is 23.4. The van der Waals surface area contributed by atoms with Crippen LogP contribution in [0.3, 0.4) is 0 Å². The fourth-order valence-electron chi connectivity index (χ4n) is 4.48. The van der Waals surface area contributed by atoms with Crippen LogP contribution < -0.4 is 10.2 Å². The fourth-order valence-corrected chi connectivity index (χ4v) is 4.48. The number of nitrogens with one attached hydrogen (secondary N) is 1. The van der Waals surface area contributed by atoms with E-state index in [1.54, 1.807) is 12.3 Å². The van der Waals surface area contributed by atoms with E-state index in [0.29, 0.717) is 37.7 Å². The number of aromatic nitrogens is 1. The van der Waals surface area contributed by atoms with Crippen LogP contribution >= 0.6 is 0 Å². The number of carbonyl (C=O) groups excluding carboxylic acids is 2. The minimum Gasteiger partial charge on any atom is -0.353 e. The highest BCUT2D eigenvalue weighted by atomic mass is 19.4. The monoisotopic (exact) mass is 460 g/mol. The van der Waals surface area contributed by atoms with Crippen LogP contribution in [0.15, 0.2) is 42.6 Å². The molecule has 6 nitrogen and oxygen atoms in total. The van der Waals surface area contributed by atoms with E-state index < -0.39 is 17.6 Å². The molecule has 1 aliphatic heterocycles. The largest absolute Gasteiger partial charge is 0.417 e. The zero-order valence-electron chi connectivity index (χ0n) is 18.3. The van der Waals surface area contributed by atoms with E-state index in [2.05, 4.69) is 10.3 Å². The molecule has 0 bridgehead atoms. The van der Waals surface area contributed by atoms with Crippen molar-refractivity contribution in [3.05, 3.63) is 53.7 Å². The molecule has 2 amide bonds. The standard InChI is InChI=1S/C24H27F3N4O2/c25-24(26,27)20-9-5-4-8-19(20)23(33)31-14-12-30(13-15-31)21-11-10-18(16-28-21)29-22(32)17-6-2-1-3-7-17/h4-5,8-11,16-17H,1-3,6-7,12-15H2,(H,29,32).